The first-order valence-corrected chi connectivity index (χ1v) is 7.72. The number of unbranched alkanes of at least 4 members (excludes halogenated alkanes) is 2. The van der Waals surface area contributed by atoms with Crippen LogP contribution in [-0.2, 0) is 0 Å². The van der Waals surface area contributed by atoms with Gasteiger partial charge >= 0.3 is 0 Å². The minimum absolute atomic E-state index is 0.0562. The van der Waals surface area contributed by atoms with Crippen molar-refractivity contribution >= 4 is 11.8 Å². The Morgan fingerprint density at radius 2 is 1.94 bits per heavy atom. The summed E-state index contributed by atoms with van der Waals surface area (Å²) in [5.41, 5.74) is 0.790. The van der Waals surface area contributed by atoms with Crippen LogP contribution < -0.4 is 5.32 Å². The van der Waals surface area contributed by atoms with E-state index in [1.165, 1.54) is 30.7 Å². The molecule has 1 N–H and O–H groups in total. The number of hydrogen-bond acceptors (Lipinski definition) is 2. The molecule has 4 heteroatoms. The molecule has 0 spiro atoms. The Morgan fingerprint density at radius 1 is 1.17 bits per heavy atom. The summed E-state index contributed by atoms with van der Waals surface area (Å²) < 4.78 is 25.9. The molecule has 0 heterocycles. The van der Waals surface area contributed by atoms with Gasteiger partial charge in [0.2, 0.25) is 0 Å². The molecular weight excluding hydrogens is 252 g/mol. The van der Waals surface area contributed by atoms with Crippen LogP contribution in [-0.4, -0.2) is 18.6 Å². The van der Waals surface area contributed by atoms with E-state index in [9.17, 15) is 8.78 Å². The zero-order valence-electron chi connectivity index (χ0n) is 11.0. The van der Waals surface area contributed by atoms with E-state index < -0.39 is 11.6 Å². The summed E-state index contributed by atoms with van der Waals surface area (Å²) >= 11 is 1.87. The van der Waals surface area contributed by atoms with Crippen molar-refractivity contribution in [3.8, 4) is 0 Å². The first kappa shape index (κ1) is 15.4. The number of thioether (sulfide) groups is 1. The lowest BCUT2D eigenvalue weighted by atomic mass is 10.1. The van der Waals surface area contributed by atoms with Crippen LogP contribution in [0.5, 0.6) is 0 Å². The highest BCUT2D eigenvalue weighted by atomic mass is 32.2. The average Bonchev–Trinajstić information content (AvgIpc) is 2.36. The molecule has 1 rings (SSSR count). The maximum Gasteiger partial charge on any atom is 0.159 e. The molecule has 0 bridgehead atoms. The molecule has 1 nitrogen and oxygen atoms in total. The summed E-state index contributed by atoms with van der Waals surface area (Å²) in [5, 5.41) is 3.33. The standard InChI is InChI=1S/C14H21F2NS/c1-11(17-8-4-3-5-9-18-2)12-6-7-13(15)14(16)10-12/h6-7,10-11,17H,3-5,8-9H2,1-2H3. The third-order valence-electron chi connectivity index (χ3n) is 2.92. The fourth-order valence-electron chi connectivity index (χ4n) is 1.77. The normalized spacial score (nSPS) is 12.7. The second-order valence-electron chi connectivity index (χ2n) is 4.40. The van der Waals surface area contributed by atoms with Crippen LogP contribution in [0.3, 0.4) is 0 Å². The van der Waals surface area contributed by atoms with Gasteiger partial charge in [0.25, 0.3) is 0 Å². The van der Waals surface area contributed by atoms with Crippen LogP contribution in [0.15, 0.2) is 18.2 Å². The van der Waals surface area contributed by atoms with Crippen molar-refractivity contribution in [1.29, 1.82) is 0 Å². The summed E-state index contributed by atoms with van der Waals surface area (Å²) in [4.78, 5) is 0. The molecular formula is C14H21F2NS. The maximum absolute atomic E-state index is 13.1. The Kier molecular flexibility index (Phi) is 7.28. The zero-order valence-corrected chi connectivity index (χ0v) is 11.8. The quantitative estimate of drug-likeness (QED) is 0.714. The molecule has 18 heavy (non-hydrogen) atoms. The van der Waals surface area contributed by atoms with E-state index in [4.69, 9.17) is 0 Å². The second-order valence-corrected chi connectivity index (χ2v) is 5.39. The van der Waals surface area contributed by atoms with Gasteiger partial charge in [-0.1, -0.05) is 12.5 Å². The predicted molar refractivity (Wildman–Crippen MR) is 75.0 cm³/mol. The van der Waals surface area contributed by atoms with E-state index in [1.807, 2.05) is 18.7 Å². The van der Waals surface area contributed by atoms with E-state index >= 15 is 0 Å². The third-order valence-corrected chi connectivity index (χ3v) is 3.62. The highest BCUT2D eigenvalue weighted by molar-refractivity contribution is 7.98. The molecule has 0 aromatic heterocycles. The lowest BCUT2D eigenvalue weighted by Crippen LogP contribution is -2.20. The van der Waals surface area contributed by atoms with E-state index in [-0.39, 0.29) is 6.04 Å². The predicted octanol–water partition coefficient (Wildman–Crippen LogP) is 4.15. The molecule has 0 aliphatic rings. The fourth-order valence-corrected chi connectivity index (χ4v) is 2.26. The summed E-state index contributed by atoms with van der Waals surface area (Å²) in [6.07, 6.45) is 5.68. The Balaban J connectivity index is 2.27. The molecule has 0 fully saturated rings. The van der Waals surface area contributed by atoms with Crippen molar-refractivity contribution in [3.05, 3.63) is 35.4 Å². The molecule has 1 unspecified atom stereocenters. The SMILES string of the molecule is CSCCCCCNC(C)c1ccc(F)c(F)c1. The van der Waals surface area contributed by atoms with Gasteiger partial charge < -0.3 is 5.32 Å². The van der Waals surface area contributed by atoms with Crippen molar-refractivity contribution in [2.24, 2.45) is 0 Å². The van der Waals surface area contributed by atoms with Crippen LogP contribution in [0.1, 0.15) is 37.8 Å². The molecule has 0 saturated carbocycles. The maximum atomic E-state index is 13.1. The van der Waals surface area contributed by atoms with Crippen LogP contribution >= 0.6 is 11.8 Å². The van der Waals surface area contributed by atoms with E-state index in [0.717, 1.165) is 18.5 Å². The Hall–Kier alpha value is -0.610. The minimum Gasteiger partial charge on any atom is -0.310 e. The van der Waals surface area contributed by atoms with Crippen molar-refractivity contribution in [2.75, 3.05) is 18.6 Å². The van der Waals surface area contributed by atoms with Gasteiger partial charge in [-0.15, -0.1) is 0 Å². The largest absolute Gasteiger partial charge is 0.310 e. The van der Waals surface area contributed by atoms with Gasteiger partial charge in [-0.2, -0.15) is 11.8 Å². The van der Waals surface area contributed by atoms with Crippen molar-refractivity contribution in [1.82, 2.24) is 5.32 Å². The van der Waals surface area contributed by atoms with Gasteiger partial charge in [0, 0.05) is 6.04 Å². The summed E-state index contributed by atoms with van der Waals surface area (Å²) in [5.74, 6) is -0.359. The van der Waals surface area contributed by atoms with E-state index in [1.54, 1.807) is 6.07 Å². The molecule has 1 atom stereocenters. The number of halogens is 2. The van der Waals surface area contributed by atoms with Crippen LogP contribution in [0.4, 0.5) is 8.78 Å². The lowest BCUT2D eigenvalue weighted by molar-refractivity contribution is 0.498. The molecule has 0 amide bonds. The van der Waals surface area contributed by atoms with Crippen molar-refractivity contribution in [3.63, 3.8) is 0 Å². The van der Waals surface area contributed by atoms with Gasteiger partial charge in [-0.05, 0) is 56.0 Å². The van der Waals surface area contributed by atoms with Crippen LogP contribution in [0.25, 0.3) is 0 Å². The third kappa shape index (κ3) is 5.36. The van der Waals surface area contributed by atoms with Gasteiger partial charge in [-0.3, -0.25) is 0 Å². The molecule has 1 aromatic rings. The number of nitrogens with one attached hydrogen (secondary N) is 1. The highest BCUT2D eigenvalue weighted by Gasteiger charge is 2.08. The average molecular weight is 273 g/mol. The van der Waals surface area contributed by atoms with Gasteiger partial charge in [0.1, 0.15) is 0 Å². The number of benzene rings is 1. The number of rotatable bonds is 8. The first-order chi connectivity index (χ1) is 8.65. The Labute approximate surface area is 112 Å². The molecule has 102 valence electrons. The topological polar surface area (TPSA) is 12.0 Å². The van der Waals surface area contributed by atoms with Gasteiger partial charge in [0.05, 0.1) is 0 Å². The lowest BCUT2D eigenvalue weighted by Gasteiger charge is -2.14. The molecule has 0 saturated heterocycles. The second kappa shape index (κ2) is 8.48. The van der Waals surface area contributed by atoms with Gasteiger partial charge in [-0.25, -0.2) is 8.78 Å². The van der Waals surface area contributed by atoms with Crippen molar-refractivity contribution < 1.29 is 8.78 Å². The van der Waals surface area contributed by atoms with Crippen molar-refractivity contribution in [2.45, 2.75) is 32.2 Å². The summed E-state index contributed by atoms with van der Waals surface area (Å²) in [7, 11) is 0. The molecule has 0 radical (unpaired) electrons. The highest BCUT2D eigenvalue weighted by Crippen LogP contribution is 2.16. The Morgan fingerprint density at radius 3 is 2.61 bits per heavy atom. The van der Waals surface area contributed by atoms with E-state index in [0.29, 0.717) is 0 Å². The minimum atomic E-state index is -0.789. The Bertz CT molecular complexity index is 358. The monoisotopic (exact) mass is 273 g/mol. The fraction of sp³-hybridized carbons (Fsp3) is 0.571. The van der Waals surface area contributed by atoms with Crippen LogP contribution in [0.2, 0.25) is 0 Å². The smallest absolute Gasteiger partial charge is 0.159 e. The molecule has 1 aromatic carbocycles. The van der Waals surface area contributed by atoms with Gasteiger partial charge in [0.15, 0.2) is 11.6 Å². The summed E-state index contributed by atoms with van der Waals surface area (Å²) in [6.45, 7) is 2.88. The number of hydrogen-bond donors (Lipinski definition) is 1. The first-order valence-electron chi connectivity index (χ1n) is 6.32. The molecule has 0 aliphatic carbocycles. The zero-order chi connectivity index (χ0) is 13.4. The van der Waals surface area contributed by atoms with E-state index in [2.05, 4.69) is 11.6 Å². The molecule has 0 aliphatic heterocycles. The summed E-state index contributed by atoms with van der Waals surface area (Å²) in [6, 6.07) is 4.13. The van der Waals surface area contributed by atoms with Crippen LogP contribution in [0, 0.1) is 11.6 Å².